The summed E-state index contributed by atoms with van der Waals surface area (Å²) < 4.78 is 36.7. The molecule has 0 saturated heterocycles. The van der Waals surface area contributed by atoms with Crippen LogP contribution < -0.4 is 0 Å². The highest BCUT2D eigenvalue weighted by molar-refractivity contribution is 9.10. The summed E-state index contributed by atoms with van der Waals surface area (Å²) in [4.78, 5) is 0. The van der Waals surface area contributed by atoms with Crippen LogP contribution in [0.15, 0.2) is 28.7 Å². The highest BCUT2D eigenvalue weighted by Crippen LogP contribution is 2.23. The molecule has 0 fully saturated rings. The number of aliphatic hydroxyl groups excluding tert-OH is 1. The molecule has 1 aromatic rings. The van der Waals surface area contributed by atoms with Crippen molar-refractivity contribution in [1.82, 2.24) is 0 Å². The fourth-order valence-electron chi connectivity index (χ4n) is 0.959. The second kappa shape index (κ2) is 4.31. The van der Waals surface area contributed by atoms with Crippen molar-refractivity contribution < 1.29 is 18.3 Å². The minimum absolute atomic E-state index is 0.406. The van der Waals surface area contributed by atoms with Crippen LogP contribution in [-0.4, -0.2) is 17.4 Å². The van der Waals surface area contributed by atoms with E-state index in [9.17, 15) is 13.2 Å². The average molecular weight is 269 g/mol. The van der Waals surface area contributed by atoms with Gasteiger partial charge in [0.05, 0.1) is 0 Å². The number of alkyl halides is 3. The van der Waals surface area contributed by atoms with Gasteiger partial charge in [0, 0.05) is 10.9 Å². The third-order valence-electron chi connectivity index (χ3n) is 1.72. The molecule has 78 valence electrons. The maximum atomic E-state index is 12.0. The molecule has 1 N–H and O–H groups in total. The molecule has 0 heterocycles. The Balaban J connectivity index is 2.65. The molecule has 0 bridgehead atoms. The Bertz CT molecular complexity index is 294. The Labute approximate surface area is 87.7 Å². The molecule has 0 aliphatic heterocycles. The molecule has 0 radical (unpaired) electrons. The van der Waals surface area contributed by atoms with E-state index in [0.29, 0.717) is 5.56 Å². The quantitative estimate of drug-likeness (QED) is 0.875. The van der Waals surface area contributed by atoms with Gasteiger partial charge in [0.1, 0.15) is 0 Å². The fourth-order valence-corrected chi connectivity index (χ4v) is 1.22. The molecule has 0 aromatic heterocycles. The van der Waals surface area contributed by atoms with Crippen molar-refractivity contribution in [2.45, 2.75) is 18.7 Å². The van der Waals surface area contributed by atoms with E-state index in [1.54, 1.807) is 24.3 Å². The lowest BCUT2D eigenvalue weighted by atomic mass is 10.1. The van der Waals surface area contributed by atoms with Crippen molar-refractivity contribution in [3.63, 3.8) is 0 Å². The molecular weight excluding hydrogens is 261 g/mol. The van der Waals surface area contributed by atoms with E-state index in [4.69, 9.17) is 5.11 Å². The van der Waals surface area contributed by atoms with Crippen LogP contribution in [0.5, 0.6) is 0 Å². The van der Waals surface area contributed by atoms with Crippen LogP contribution >= 0.6 is 15.9 Å². The molecule has 1 atom stereocenters. The van der Waals surface area contributed by atoms with Crippen LogP contribution in [0.25, 0.3) is 0 Å². The zero-order chi connectivity index (χ0) is 10.8. The number of aliphatic hydroxyl groups is 1. The molecule has 0 aliphatic rings. The summed E-state index contributed by atoms with van der Waals surface area (Å²) in [6, 6.07) is 6.36. The Hall–Kier alpha value is -0.550. The fraction of sp³-hybridized carbons (Fsp3) is 0.333. The Morgan fingerprint density at radius 3 is 2.14 bits per heavy atom. The Morgan fingerprint density at radius 2 is 1.71 bits per heavy atom. The minimum atomic E-state index is -4.55. The maximum absolute atomic E-state index is 12.0. The van der Waals surface area contributed by atoms with E-state index < -0.39 is 18.7 Å². The molecule has 0 aliphatic carbocycles. The van der Waals surface area contributed by atoms with Gasteiger partial charge in [-0.05, 0) is 17.7 Å². The summed E-state index contributed by atoms with van der Waals surface area (Å²) in [6.07, 6.45) is -7.24. The molecule has 14 heavy (non-hydrogen) atoms. The summed E-state index contributed by atoms with van der Waals surface area (Å²) in [7, 11) is 0. The van der Waals surface area contributed by atoms with E-state index in [0.717, 1.165) is 4.47 Å². The lowest BCUT2D eigenvalue weighted by Gasteiger charge is -2.14. The van der Waals surface area contributed by atoms with Crippen molar-refractivity contribution in [3.8, 4) is 0 Å². The van der Waals surface area contributed by atoms with Gasteiger partial charge in [-0.25, -0.2) is 0 Å². The number of rotatable bonds is 2. The van der Waals surface area contributed by atoms with Crippen molar-refractivity contribution in [2.75, 3.05) is 0 Å². The van der Waals surface area contributed by atoms with Crippen molar-refractivity contribution in [2.24, 2.45) is 0 Å². The summed E-state index contributed by atoms with van der Waals surface area (Å²) in [5, 5.41) is 8.77. The number of hydrogen-bond donors (Lipinski definition) is 1. The second-order valence-corrected chi connectivity index (χ2v) is 3.80. The van der Waals surface area contributed by atoms with Gasteiger partial charge in [-0.2, -0.15) is 13.2 Å². The Kier molecular flexibility index (Phi) is 3.55. The van der Waals surface area contributed by atoms with Gasteiger partial charge in [-0.1, -0.05) is 28.1 Å². The smallest absolute Gasteiger partial charge is 0.383 e. The van der Waals surface area contributed by atoms with E-state index >= 15 is 0 Å². The second-order valence-electron chi connectivity index (χ2n) is 2.89. The molecule has 1 aromatic carbocycles. The minimum Gasteiger partial charge on any atom is -0.383 e. The lowest BCUT2D eigenvalue weighted by molar-refractivity contribution is -0.203. The topological polar surface area (TPSA) is 20.2 Å². The van der Waals surface area contributed by atoms with Gasteiger partial charge < -0.3 is 5.11 Å². The van der Waals surface area contributed by atoms with E-state index in [2.05, 4.69) is 15.9 Å². The zero-order valence-corrected chi connectivity index (χ0v) is 8.64. The molecule has 1 nitrogen and oxygen atoms in total. The van der Waals surface area contributed by atoms with Crippen LogP contribution in [-0.2, 0) is 6.42 Å². The van der Waals surface area contributed by atoms with Gasteiger partial charge in [-0.15, -0.1) is 0 Å². The highest BCUT2D eigenvalue weighted by atomic mass is 79.9. The van der Waals surface area contributed by atoms with Crippen LogP contribution in [0.2, 0.25) is 0 Å². The van der Waals surface area contributed by atoms with Crippen LogP contribution in [0.3, 0.4) is 0 Å². The molecule has 0 amide bonds. The number of hydrogen-bond acceptors (Lipinski definition) is 1. The predicted molar refractivity (Wildman–Crippen MR) is 49.9 cm³/mol. The SMILES string of the molecule is O[C@@H](Cc1ccc(Br)cc1)C(F)(F)F. The third-order valence-corrected chi connectivity index (χ3v) is 2.25. The van der Waals surface area contributed by atoms with Crippen LogP contribution in [0, 0.1) is 0 Å². The van der Waals surface area contributed by atoms with Gasteiger partial charge in [0.2, 0.25) is 0 Å². The van der Waals surface area contributed by atoms with Crippen LogP contribution in [0.1, 0.15) is 5.56 Å². The van der Waals surface area contributed by atoms with Gasteiger partial charge >= 0.3 is 6.18 Å². The van der Waals surface area contributed by atoms with E-state index in [-0.39, 0.29) is 0 Å². The molecule has 0 spiro atoms. The summed E-state index contributed by atoms with van der Waals surface area (Å²) in [6.45, 7) is 0. The van der Waals surface area contributed by atoms with Crippen molar-refractivity contribution in [1.29, 1.82) is 0 Å². The Morgan fingerprint density at radius 1 is 1.21 bits per heavy atom. The monoisotopic (exact) mass is 268 g/mol. The summed E-state index contributed by atoms with van der Waals surface area (Å²) in [5.74, 6) is 0. The molecular formula is C9H8BrF3O. The van der Waals surface area contributed by atoms with Gasteiger partial charge in [0.25, 0.3) is 0 Å². The largest absolute Gasteiger partial charge is 0.414 e. The first kappa shape index (κ1) is 11.5. The average Bonchev–Trinajstić information content (AvgIpc) is 2.07. The zero-order valence-electron chi connectivity index (χ0n) is 7.05. The van der Waals surface area contributed by atoms with Crippen molar-refractivity contribution >= 4 is 15.9 Å². The first-order valence-corrected chi connectivity index (χ1v) is 4.68. The predicted octanol–water partition coefficient (Wildman–Crippen LogP) is 2.91. The first-order valence-electron chi connectivity index (χ1n) is 3.89. The third kappa shape index (κ3) is 3.31. The standard InChI is InChI=1S/C9H8BrF3O/c10-7-3-1-6(2-4-7)5-8(14)9(11,12)13/h1-4,8,14H,5H2/t8-/m0/s1. The number of halogens is 4. The van der Waals surface area contributed by atoms with Gasteiger partial charge in [-0.3, -0.25) is 0 Å². The van der Waals surface area contributed by atoms with E-state index in [1.807, 2.05) is 0 Å². The normalized spacial score (nSPS) is 14.1. The lowest BCUT2D eigenvalue weighted by Crippen LogP contribution is -2.30. The van der Waals surface area contributed by atoms with Crippen molar-refractivity contribution in [3.05, 3.63) is 34.3 Å². The van der Waals surface area contributed by atoms with Crippen LogP contribution in [0.4, 0.5) is 13.2 Å². The van der Waals surface area contributed by atoms with Gasteiger partial charge in [0.15, 0.2) is 6.10 Å². The summed E-state index contributed by atoms with van der Waals surface area (Å²) in [5.41, 5.74) is 0.457. The maximum Gasteiger partial charge on any atom is 0.414 e. The molecule has 5 heteroatoms. The molecule has 1 rings (SSSR count). The molecule has 0 saturated carbocycles. The highest BCUT2D eigenvalue weighted by Gasteiger charge is 2.37. The summed E-state index contributed by atoms with van der Waals surface area (Å²) >= 11 is 3.17. The molecule has 0 unspecified atom stereocenters. The first-order chi connectivity index (χ1) is 6.39. The van der Waals surface area contributed by atoms with E-state index in [1.165, 1.54) is 0 Å². The number of benzene rings is 1.